The Bertz CT molecular complexity index is 754. The molecule has 0 amide bonds. The highest BCUT2D eigenvalue weighted by atomic mass is 16.3. The lowest BCUT2D eigenvalue weighted by Gasteiger charge is -2.15. The van der Waals surface area contributed by atoms with Gasteiger partial charge in [0.2, 0.25) is 0 Å². The van der Waals surface area contributed by atoms with Gasteiger partial charge in [0.25, 0.3) is 0 Å². The van der Waals surface area contributed by atoms with Crippen LogP contribution < -0.4 is 5.32 Å². The molecule has 4 rings (SSSR count). The number of aliphatic hydroxyl groups excluding tert-OH is 1. The first kappa shape index (κ1) is 13.3. The molecule has 1 fully saturated rings. The molecular weight excluding hydrogens is 282 g/mol. The van der Waals surface area contributed by atoms with Crippen molar-refractivity contribution in [2.75, 3.05) is 11.9 Å². The van der Waals surface area contributed by atoms with E-state index in [1.54, 1.807) is 12.5 Å². The highest BCUT2D eigenvalue weighted by Gasteiger charge is 2.35. The molecule has 3 atom stereocenters. The van der Waals surface area contributed by atoms with E-state index in [-0.39, 0.29) is 17.9 Å². The molecular formula is C15H17N5O2. The number of aromatic amines is 1. The number of aliphatic hydroxyl groups is 1. The van der Waals surface area contributed by atoms with Crippen LogP contribution in [0.2, 0.25) is 0 Å². The van der Waals surface area contributed by atoms with Crippen LogP contribution in [0.25, 0.3) is 11.0 Å². The molecule has 0 unspecified atom stereocenters. The standard InChI is InChI=1S/C15H17N5O2/c21-12-6-9(14-18-8-19-20-14)5-10(12)7-17-15-11-2-4-22-13(11)1-3-16-15/h1-4,8-10,12,21H,5-7H2,(H,16,17)(H,18,19,20)/t9-,10+,12+/m1/s1. The van der Waals surface area contributed by atoms with E-state index in [0.29, 0.717) is 13.0 Å². The van der Waals surface area contributed by atoms with E-state index in [9.17, 15) is 5.11 Å². The van der Waals surface area contributed by atoms with E-state index in [0.717, 1.165) is 29.0 Å². The quantitative estimate of drug-likeness (QED) is 0.680. The minimum absolute atomic E-state index is 0.166. The predicted molar refractivity (Wildman–Crippen MR) is 80.4 cm³/mol. The lowest BCUT2D eigenvalue weighted by molar-refractivity contribution is 0.137. The van der Waals surface area contributed by atoms with Crippen LogP contribution >= 0.6 is 0 Å². The summed E-state index contributed by atoms with van der Waals surface area (Å²) in [5.41, 5.74) is 0.809. The van der Waals surface area contributed by atoms with Crippen molar-refractivity contribution in [1.29, 1.82) is 0 Å². The summed E-state index contributed by atoms with van der Waals surface area (Å²) in [6.07, 6.45) is 6.14. The van der Waals surface area contributed by atoms with E-state index in [1.807, 2.05) is 12.1 Å². The Balaban J connectivity index is 1.44. The van der Waals surface area contributed by atoms with Gasteiger partial charge in [-0.05, 0) is 25.0 Å². The molecule has 3 aromatic rings. The summed E-state index contributed by atoms with van der Waals surface area (Å²) < 4.78 is 5.37. The van der Waals surface area contributed by atoms with Gasteiger partial charge in [0.15, 0.2) is 0 Å². The number of fused-ring (bicyclic) bond motifs is 1. The van der Waals surface area contributed by atoms with Gasteiger partial charge in [-0.3, -0.25) is 5.10 Å². The molecule has 3 heterocycles. The van der Waals surface area contributed by atoms with E-state index >= 15 is 0 Å². The van der Waals surface area contributed by atoms with Gasteiger partial charge in [0, 0.05) is 24.6 Å². The Kier molecular flexibility index (Phi) is 3.27. The zero-order valence-corrected chi connectivity index (χ0v) is 11.9. The molecule has 0 spiro atoms. The Labute approximate surface area is 126 Å². The van der Waals surface area contributed by atoms with E-state index in [1.165, 1.54) is 6.33 Å². The van der Waals surface area contributed by atoms with E-state index in [4.69, 9.17) is 4.42 Å². The van der Waals surface area contributed by atoms with Crippen molar-refractivity contribution in [3.05, 3.63) is 36.7 Å². The second-order valence-corrected chi connectivity index (χ2v) is 5.74. The fraction of sp³-hybridized carbons (Fsp3) is 0.400. The molecule has 0 aromatic carbocycles. The number of furan rings is 1. The van der Waals surface area contributed by atoms with Crippen molar-refractivity contribution in [1.82, 2.24) is 20.2 Å². The molecule has 22 heavy (non-hydrogen) atoms. The summed E-state index contributed by atoms with van der Waals surface area (Å²) in [4.78, 5) is 8.55. The maximum Gasteiger partial charge on any atom is 0.139 e. The molecule has 7 heteroatoms. The van der Waals surface area contributed by atoms with Crippen LogP contribution in [0.1, 0.15) is 24.6 Å². The predicted octanol–water partition coefficient (Wildman–Crippen LogP) is 1.91. The first-order valence-corrected chi connectivity index (χ1v) is 7.40. The number of H-pyrrole nitrogens is 1. The summed E-state index contributed by atoms with van der Waals surface area (Å²) in [6, 6.07) is 3.73. The smallest absolute Gasteiger partial charge is 0.139 e. The molecule has 0 bridgehead atoms. The topological polar surface area (TPSA) is 99.9 Å². The maximum absolute atomic E-state index is 10.3. The van der Waals surface area contributed by atoms with E-state index in [2.05, 4.69) is 25.5 Å². The fourth-order valence-electron chi connectivity index (χ4n) is 3.22. The van der Waals surface area contributed by atoms with Crippen LogP contribution in [0.3, 0.4) is 0 Å². The van der Waals surface area contributed by atoms with Crippen molar-refractivity contribution < 1.29 is 9.52 Å². The summed E-state index contributed by atoms with van der Waals surface area (Å²) in [6.45, 7) is 0.670. The fourth-order valence-corrected chi connectivity index (χ4v) is 3.22. The third kappa shape index (κ3) is 2.33. The average Bonchev–Trinajstić information content (AvgIpc) is 3.25. The number of nitrogens with one attached hydrogen (secondary N) is 2. The van der Waals surface area contributed by atoms with Crippen LogP contribution in [0.4, 0.5) is 5.82 Å². The Morgan fingerprint density at radius 1 is 1.32 bits per heavy atom. The zero-order chi connectivity index (χ0) is 14.9. The Morgan fingerprint density at radius 2 is 2.27 bits per heavy atom. The Hall–Kier alpha value is -2.41. The highest BCUT2D eigenvalue weighted by Crippen LogP contribution is 2.37. The molecule has 0 radical (unpaired) electrons. The van der Waals surface area contributed by atoms with Crippen LogP contribution in [0.5, 0.6) is 0 Å². The number of aromatic nitrogens is 4. The minimum Gasteiger partial charge on any atom is -0.464 e. The summed E-state index contributed by atoms with van der Waals surface area (Å²) in [5.74, 6) is 2.05. The van der Waals surface area contributed by atoms with Crippen molar-refractivity contribution >= 4 is 16.8 Å². The Morgan fingerprint density at radius 3 is 3.14 bits per heavy atom. The normalized spacial score (nSPS) is 24.9. The van der Waals surface area contributed by atoms with Crippen molar-refractivity contribution in [3.63, 3.8) is 0 Å². The highest BCUT2D eigenvalue weighted by molar-refractivity contribution is 5.87. The van der Waals surface area contributed by atoms with Crippen LogP contribution in [-0.2, 0) is 0 Å². The van der Waals surface area contributed by atoms with Gasteiger partial charge < -0.3 is 14.8 Å². The van der Waals surface area contributed by atoms with E-state index < -0.39 is 0 Å². The lowest BCUT2D eigenvalue weighted by Crippen LogP contribution is -2.22. The van der Waals surface area contributed by atoms with Gasteiger partial charge in [-0.1, -0.05) is 0 Å². The van der Waals surface area contributed by atoms with Crippen molar-refractivity contribution in [3.8, 4) is 0 Å². The molecule has 3 aromatic heterocycles. The van der Waals surface area contributed by atoms with Crippen LogP contribution in [0, 0.1) is 5.92 Å². The summed E-state index contributed by atoms with van der Waals surface area (Å²) in [7, 11) is 0. The number of rotatable bonds is 4. The molecule has 1 aliphatic rings. The van der Waals surface area contributed by atoms with Gasteiger partial charge in [-0.25, -0.2) is 9.97 Å². The molecule has 1 saturated carbocycles. The van der Waals surface area contributed by atoms with Gasteiger partial charge in [0.05, 0.1) is 17.8 Å². The van der Waals surface area contributed by atoms with Gasteiger partial charge >= 0.3 is 0 Å². The monoisotopic (exact) mass is 299 g/mol. The molecule has 114 valence electrons. The molecule has 0 aliphatic heterocycles. The summed E-state index contributed by atoms with van der Waals surface area (Å²) >= 11 is 0. The van der Waals surface area contributed by atoms with Crippen molar-refractivity contribution in [2.45, 2.75) is 24.9 Å². The van der Waals surface area contributed by atoms with Gasteiger partial charge in [0.1, 0.15) is 23.6 Å². The number of nitrogens with zero attached hydrogens (tertiary/aromatic N) is 3. The first-order chi connectivity index (χ1) is 10.8. The minimum atomic E-state index is -0.342. The molecule has 0 saturated heterocycles. The second-order valence-electron chi connectivity index (χ2n) is 5.74. The summed E-state index contributed by atoms with van der Waals surface area (Å²) in [5, 5.41) is 21.3. The number of anilines is 1. The van der Waals surface area contributed by atoms with Crippen molar-refractivity contribution in [2.24, 2.45) is 5.92 Å². The maximum atomic E-state index is 10.3. The number of pyridine rings is 1. The average molecular weight is 299 g/mol. The second kappa shape index (κ2) is 5.42. The van der Waals surface area contributed by atoms with Gasteiger partial charge in [-0.2, -0.15) is 5.10 Å². The van der Waals surface area contributed by atoms with Crippen LogP contribution in [0.15, 0.2) is 35.3 Å². The first-order valence-electron chi connectivity index (χ1n) is 7.40. The van der Waals surface area contributed by atoms with Crippen LogP contribution in [-0.4, -0.2) is 37.9 Å². The molecule has 7 nitrogen and oxygen atoms in total. The number of hydrogen-bond donors (Lipinski definition) is 3. The zero-order valence-electron chi connectivity index (χ0n) is 11.9. The molecule has 3 N–H and O–H groups in total. The molecule has 1 aliphatic carbocycles. The number of hydrogen-bond acceptors (Lipinski definition) is 6. The lowest BCUT2D eigenvalue weighted by atomic mass is 10.0. The largest absolute Gasteiger partial charge is 0.464 e. The van der Waals surface area contributed by atoms with Gasteiger partial charge in [-0.15, -0.1) is 0 Å². The third-order valence-corrected chi connectivity index (χ3v) is 4.39. The SMILES string of the molecule is O[C@H]1C[C@H](c2ncn[nH]2)C[C@H]1CNc1nccc2occc12. The third-order valence-electron chi connectivity index (χ3n) is 4.39.